The maximum Gasteiger partial charge on any atom is 0.171 e. The summed E-state index contributed by atoms with van der Waals surface area (Å²) in [4.78, 5) is 0. The van der Waals surface area contributed by atoms with Crippen molar-refractivity contribution < 1.29 is 9.47 Å². The minimum atomic E-state index is -0.282. The first-order valence-electron chi connectivity index (χ1n) is 6.87. The van der Waals surface area contributed by atoms with Crippen LogP contribution in [-0.2, 0) is 9.47 Å². The lowest BCUT2D eigenvalue weighted by Crippen LogP contribution is -2.46. The van der Waals surface area contributed by atoms with Gasteiger partial charge in [-0.2, -0.15) is 0 Å². The van der Waals surface area contributed by atoms with E-state index < -0.39 is 0 Å². The summed E-state index contributed by atoms with van der Waals surface area (Å²) in [5.74, 6) is 0.974. The number of hydrogen-bond donors (Lipinski definition) is 0. The van der Waals surface area contributed by atoms with Crippen LogP contribution in [0.15, 0.2) is 12.7 Å². The molecule has 1 saturated carbocycles. The second-order valence-corrected chi connectivity index (χ2v) is 6.57. The molecule has 1 aliphatic carbocycles. The first-order valence-corrected chi connectivity index (χ1v) is 6.87. The largest absolute Gasteiger partial charge is 0.347 e. The molecule has 0 aromatic carbocycles. The molecule has 0 aromatic heterocycles. The lowest BCUT2D eigenvalue weighted by atomic mass is 9.66. The standard InChI is InChI=1S/C15H26O2/c1-5-6-13-11-12(14(2,3)4)7-8-15(13)16-9-10-17-15/h5,12-13H,1,6-11H2,2-4H3/t12-,13+/m0/s1. The summed E-state index contributed by atoms with van der Waals surface area (Å²) in [6, 6.07) is 0. The van der Waals surface area contributed by atoms with Crippen molar-refractivity contribution in [3.05, 3.63) is 12.7 Å². The van der Waals surface area contributed by atoms with Gasteiger partial charge in [0.25, 0.3) is 0 Å². The average Bonchev–Trinajstić information content (AvgIpc) is 2.70. The molecule has 0 radical (unpaired) electrons. The molecule has 2 atom stereocenters. The van der Waals surface area contributed by atoms with Gasteiger partial charge in [0.1, 0.15) is 0 Å². The Hall–Kier alpha value is -0.340. The van der Waals surface area contributed by atoms with E-state index in [0.29, 0.717) is 11.3 Å². The van der Waals surface area contributed by atoms with E-state index in [1.54, 1.807) is 0 Å². The molecule has 2 rings (SSSR count). The smallest absolute Gasteiger partial charge is 0.171 e. The molecule has 1 saturated heterocycles. The van der Waals surface area contributed by atoms with E-state index in [1.165, 1.54) is 12.8 Å². The highest BCUT2D eigenvalue weighted by atomic mass is 16.7. The van der Waals surface area contributed by atoms with Crippen LogP contribution in [0.3, 0.4) is 0 Å². The fourth-order valence-corrected chi connectivity index (χ4v) is 3.33. The summed E-state index contributed by atoms with van der Waals surface area (Å²) in [5, 5.41) is 0. The lowest BCUT2D eigenvalue weighted by molar-refractivity contribution is -0.222. The number of allylic oxidation sites excluding steroid dienone is 1. The second kappa shape index (κ2) is 4.74. The number of rotatable bonds is 2. The zero-order valence-corrected chi connectivity index (χ0v) is 11.5. The molecule has 0 aromatic rings. The van der Waals surface area contributed by atoms with E-state index >= 15 is 0 Å². The average molecular weight is 238 g/mol. The summed E-state index contributed by atoms with van der Waals surface area (Å²) < 4.78 is 11.9. The zero-order chi connectivity index (χ0) is 12.5. The number of ether oxygens (including phenoxy) is 2. The van der Waals surface area contributed by atoms with Gasteiger partial charge in [-0.25, -0.2) is 0 Å². The molecule has 1 spiro atoms. The molecule has 17 heavy (non-hydrogen) atoms. The molecule has 2 nitrogen and oxygen atoms in total. The molecule has 2 fully saturated rings. The van der Waals surface area contributed by atoms with E-state index in [0.717, 1.165) is 32.0 Å². The van der Waals surface area contributed by atoms with Gasteiger partial charge in [-0.15, -0.1) is 6.58 Å². The third-order valence-corrected chi connectivity index (χ3v) is 4.48. The van der Waals surface area contributed by atoms with Crippen LogP contribution in [0.4, 0.5) is 0 Å². The second-order valence-electron chi connectivity index (χ2n) is 6.57. The number of hydrogen-bond acceptors (Lipinski definition) is 2. The van der Waals surface area contributed by atoms with Crippen LogP contribution in [-0.4, -0.2) is 19.0 Å². The van der Waals surface area contributed by atoms with Crippen LogP contribution in [0.1, 0.15) is 46.5 Å². The molecule has 98 valence electrons. The van der Waals surface area contributed by atoms with Crippen LogP contribution in [0, 0.1) is 17.3 Å². The Morgan fingerprint density at radius 2 is 1.94 bits per heavy atom. The van der Waals surface area contributed by atoms with Crippen LogP contribution in [0.2, 0.25) is 0 Å². The topological polar surface area (TPSA) is 18.5 Å². The Kier molecular flexibility index (Phi) is 3.65. The van der Waals surface area contributed by atoms with Gasteiger partial charge in [0.2, 0.25) is 0 Å². The van der Waals surface area contributed by atoms with Crippen LogP contribution in [0.5, 0.6) is 0 Å². The zero-order valence-electron chi connectivity index (χ0n) is 11.5. The van der Waals surface area contributed by atoms with Gasteiger partial charge in [-0.3, -0.25) is 0 Å². The van der Waals surface area contributed by atoms with Gasteiger partial charge in [0.15, 0.2) is 5.79 Å². The van der Waals surface area contributed by atoms with Crippen molar-refractivity contribution in [1.29, 1.82) is 0 Å². The molecule has 0 unspecified atom stereocenters. The molecular formula is C15H26O2. The Bertz CT molecular complexity index is 271. The van der Waals surface area contributed by atoms with Gasteiger partial charge in [-0.05, 0) is 30.6 Å². The monoisotopic (exact) mass is 238 g/mol. The molecule has 0 amide bonds. The van der Waals surface area contributed by atoms with E-state index in [-0.39, 0.29) is 5.79 Å². The van der Waals surface area contributed by atoms with Crippen molar-refractivity contribution in [2.24, 2.45) is 17.3 Å². The minimum Gasteiger partial charge on any atom is -0.347 e. The van der Waals surface area contributed by atoms with Crippen LogP contribution >= 0.6 is 0 Å². The van der Waals surface area contributed by atoms with Crippen molar-refractivity contribution in [2.45, 2.75) is 52.2 Å². The molecule has 1 heterocycles. The quantitative estimate of drug-likeness (QED) is 0.682. The van der Waals surface area contributed by atoms with E-state index in [2.05, 4.69) is 27.4 Å². The highest BCUT2D eigenvalue weighted by Gasteiger charge is 2.49. The van der Waals surface area contributed by atoms with Crippen LogP contribution < -0.4 is 0 Å². The van der Waals surface area contributed by atoms with E-state index in [4.69, 9.17) is 9.47 Å². The summed E-state index contributed by atoms with van der Waals surface area (Å²) in [5.41, 5.74) is 0.389. The molecule has 2 heteroatoms. The first-order chi connectivity index (χ1) is 7.98. The maximum atomic E-state index is 5.94. The Morgan fingerprint density at radius 3 is 2.47 bits per heavy atom. The van der Waals surface area contributed by atoms with Gasteiger partial charge < -0.3 is 9.47 Å². The third-order valence-electron chi connectivity index (χ3n) is 4.48. The van der Waals surface area contributed by atoms with Crippen molar-refractivity contribution >= 4 is 0 Å². The predicted molar refractivity (Wildman–Crippen MR) is 69.7 cm³/mol. The molecule has 0 N–H and O–H groups in total. The summed E-state index contributed by atoms with van der Waals surface area (Å²) in [6.45, 7) is 12.4. The van der Waals surface area contributed by atoms with Crippen molar-refractivity contribution in [1.82, 2.24) is 0 Å². The SMILES string of the molecule is C=CC[C@@H]1C[C@@H](C(C)(C)C)CCC12OCCO2. The summed E-state index contributed by atoms with van der Waals surface area (Å²) >= 11 is 0. The van der Waals surface area contributed by atoms with Crippen molar-refractivity contribution in [3.8, 4) is 0 Å². The van der Waals surface area contributed by atoms with Gasteiger partial charge in [-0.1, -0.05) is 26.8 Å². The minimum absolute atomic E-state index is 0.282. The highest BCUT2D eigenvalue weighted by Crippen LogP contribution is 2.49. The van der Waals surface area contributed by atoms with Gasteiger partial charge >= 0.3 is 0 Å². The summed E-state index contributed by atoms with van der Waals surface area (Å²) in [6.07, 6.45) is 6.50. The fraction of sp³-hybridized carbons (Fsp3) is 0.867. The van der Waals surface area contributed by atoms with E-state index in [9.17, 15) is 0 Å². The summed E-state index contributed by atoms with van der Waals surface area (Å²) in [7, 11) is 0. The fourth-order valence-electron chi connectivity index (χ4n) is 3.33. The van der Waals surface area contributed by atoms with E-state index in [1.807, 2.05) is 6.08 Å². The maximum absolute atomic E-state index is 5.94. The van der Waals surface area contributed by atoms with Gasteiger partial charge in [0.05, 0.1) is 13.2 Å². The molecule has 1 aliphatic heterocycles. The lowest BCUT2D eigenvalue weighted by Gasteiger charge is -2.46. The highest BCUT2D eigenvalue weighted by molar-refractivity contribution is 4.95. The Labute approximate surface area is 105 Å². The molecule has 0 bridgehead atoms. The normalized spacial score (nSPS) is 32.9. The third kappa shape index (κ3) is 2.58. The molecule has 2 aliphatic rings. The molecular weight excluding hydrogens is 212 g/mol. The van der Waals surface area contributed by atoms with Crippen LogP contribution in [0.25, 0.3) is 0 Å². The Balaban J connectivity index is 2.10. The predicted octanol–water partition coefficient (Wildman–Crippen LogP) is 3.77. The first kappa shape index (κ1) is 13.1. The van der Waals surface area contributed by atoms with Crippen molar-refractivity contribution in [2.75, 3.05) is 13.2 Å². The Morgan fingerprint density at radius 1 is 1.29 bits per heavy atom. The van der Waals surface area contributed by atoms with Crippen molar-refractivity contribution in [3.63, 3.8) is 0 Å². The van der Waals surface area contributed by atoms with Gasteiger partial charge in [0, 0.05) is 12.3 Å².